The molecule has 0 atom stereocenters. The molecular formula is C12H11ClN4O3. The number of carboxylic acid groups (broad SMARTS) is 1. The molecule has 0 saturated heterocycles. The topological polar surface area (TPSA) is 97.1 Å². The van der Waals surface area contributed by atoms with Gasteiger partial charge in [-0.25, -0.2) is 4.79 Å². The van der Waals surface area contributed by atoms with E-state index in [0.29, 0.717) is 12.2 Å². The minimum atomic E-state index is -1.11. The molecule has 2 aromatic rings. The van der Waals surface area contributed by atoms with Crippen molar-refractivity contribution in [2.24, 2.45) is 0 Å². The van der Waals surface area contributed by atoms with Crippen molar-refractivity contribution >= 4 is 29.2 Å². The van der Waals surface area contributed by atoms with E-state index >= 15 is 0 Å². The average Bonchev–Trinajstić information content (AvgIpc) is 2.89. The van der Waals surface area contributed by atoms with Crippen LogP contribution in [0.3, 0.4) is 0 Å². The lowest BCUT2D eigenvalue weighted by Gasteiger charge is -2.07. The number of rotatable bonds is 5. The number of aromatic carboxylic acids is 1. The molecule has 0 saturated carbocycles. The first-order valence-corrected chi connectivity index (χ1v) is 6.11. The number of hydrogen-bond acceptors (Lipinski definition) is 4. The van der Waals surface area contributed by atoms with Gasteiger partial charge in [0.1, 0.15) is 0 Å². The lowest BCUT2D eigenvalue weighted by molar-refractivity contribution is -0.116. The molecule has 1 aromatic heterocycles. The Balaban J connectivity index is 1.94. The van der Waals surface area contributed by atoms with Crippen LogP contribution in [0.1, 0.15) is 16.8 Å². The summed E-state index contributed by atoms with van der Waals surface area (Å²) in [6.07, 6.45) is 3.41. The van der Waals surface area contributed by atoms with Crippen molar-refractivity contribution in [2.45, 2.75) is 13.0 Å². The van der Waals surface area contributed by atoms with Crippen LogP contribution in [0, 0.1) is 0 Å². The van der Waals surface area contributed by atoms with Crippen molar-refractivity contribution in [3.63, 3.8) is 0 Å². The fourth-order valence-corrected chi connectivity index (χ4v) is 1.82. The summed E-state index contributed by atoms with van der Waals surface area (Å²) in [5.41, 5.74) is 0.441. The van der Waals surface area contributed by atoms with Gasteiger partial charge < -0.3 is 10.4 Å². The molecular weight excluding hydrogens is 284 g/mol. The zero-order chi connectivity index (χ0) is 14.5. The predicted molar refractivity (Wildman–Crippen MR) is 71.7 cm³/mol. The molecule has 0 fully saturated rings. The smallest absolute Gasteiger partial charge is 0.337 e. The number of carbonyl (C=O) groups excluding carboxylic acids is 1. The molecule has 2 rings (SSSR count). The predicted octanol–water partition coefficient (Wildman–Crippen LogP) is 1.66. The second-order valence-electron chi connectivity index (χ2n) is 3.96. The standard InChI is InChI=1S/C12H11ClN4O3/c13-10-7-8(1-2-9(10)12(19)20)15-11(18)3-5-17-6-4-14-16-17/h1-2,4,6-7H,3,5H2,(H,15,18)(H,19,20). The summed E-state index contributed by atoms with van der Waals surface area (Å²) in [6.45, 7) is 0.409. The largest absolute Gasteiger partial charge is 0.478 e. The fourth-order valence-electron chi connectivity index (χ4n) is 1.56. The van der Waals surface area contributed by atoms with Gasteiger partial charge in [-0.1, -0.05) is 16.8 Å². The Bertz CT molecular complexity index is 628. The van der Waals surface area contributed by atoms with E-state index in [1.54, 1.807) is 10.9 Å². The molecule has 0 spiro atoms. The molecule has 0 radical (unpaired) electrons. The molecule has 1 amide bonds. The monoisotopic (exact) mass is 294 g/mol. The fraction of sp³-hybridized carbons (Fsp3) is 0.167. The first-order chi connectivity index (χ1) is 9.56. The normalized spacial score (nSPS) is 10.2. The quantitative estimate of drug-likeness (QED) is 0.874. The van der Waals surface area contributed by atoms with Crippen molar-refractivity contribution in [2.75, 3.05) is 5.32 Å². The van der Waals surface area contributed by atoms with Gasteiger partial charge in [-0.15, -0.1) is 5.10 Å². The SMILES string of the molecule is O=C(CCn1ccnn1)Nc1ccc(C(=O)O)c(Cl)c1. The van der Waals surface area contributed by atoms with Crippen LogP contribution < -0.4 is 5.32 Å². The maximum absolute atomic E-state index is 11.7. The van der Waals surface area contributed by atoms with Gasteiger partial charge in [-0.2, -0.15) is 0 Å². The molecule has 2 N–H and O–H groups in total. The zero-order valence-electron chi connectivity index (χ0n) is 10.3. The van der Waals surface area contributed by atoms with E-state index in [1.165, 1.54) is 24.4 Å². The molecule has 0 aliphatic carbocycles. The van der Waals surface area contributed by atoms with Crippen LogP contribution in [-0.4, -0.2) is 32.0 Å². The molecule has 0 unspecified atom stereocenters. The molecule has 1 heterocycles. The Kier molecular flexibility index (Phi) is 4.31. The number of aromatic nitrogens is 3. The van der Waals surface area contributed by atoms with Gasteiger partial charge in [0.25, 0.3) is 0 Å². The Morgan fingerprint density at radius 3 is 2.80 bits per heavy atom. The molecule has 8 heteroatoms. The van der Waals surface area contributed by atoms with E-state index in [9.17, 15) is 9.59 Å². The first-order valence-electron chi connectivity index (χ1n) is 5.73. The highest BCUT2D eigenvalue weighted by Crippen LogP contribution is 2.21. The van der Waals surface area contributed by atoms with E-state index in [4.69, 9.17) is 16.7 Å². The third-order valence-corrected chi connectivity index (χ3v) is 2.84. The molecule has 0 aliphatic heterocycles. The van der Waals surface area contributed by atoms with E-state index < -0.39 is 5.97 Å². The summed E-state index contributed by atoms with van der Waals surface area (Å²) in [5.74, 6) is -1.33. The average molecular weight is 295 g/mol. The van der Waals surface area contributed by atoms with Crippen molar-refractivity contribution < 1.29 is 14.7 Å². The van der Waals surface area contributed by atoms with Crippen LogP contribution in [0.15, 0.2) is 30.6 Å². The molecule has 0 aliphatic rings. The second kappa shape index (κ2) is 6.16. The van der Waals surface area contributed by atoms with Crippen LogP contribution in [0.25, 0.3) is 0 Å². The van der Waals surface area contributed by atoms with Gasteiger partial charge in [0.2, 0.25) is 5.91 Å². The molecule has 0 bridgehead atoms. The summed E-state index contributed by atoms with van der Waals surface area (Å²) < 4.78 is 1.54. The third kappa shape index (κ3) is 3.55. The third-order valence-electron chi connectivity index (χ3n) is 2.52. The number of hydrogen-bond donors (Lipinski definition) is 2. The highest BCUT2D eigenvalue weighted by atomic mass is 35.5. The maximum Gasteiger partial charge on any atom is 0.337 e. The van der Waals surface area contributed by atoms with E-state index in [1.807, 2.05) is 0 Å². The summed E-state index contributed by atoms with van der Waals surface area (Å²) in [6, 6.07) is 4.23. The van der Waals surface area contributed by atoms with Crippen molar-refractivity contribution in [3.8, 4) is 0 Å². The Morgan fingerprint density at radius 1 is 1.40 bits per heavy atom. The summed E-state index contributed by atoms with van der Waals surface area (Å²) in [7, 11) is 0. The lowest BCUT2D eigenvalue weighted by atomic mass is 10.2. The van der Waals surface area contributed by atoms with Crippen LogP contribution >= 0.6 is 11.6 Å². The van der Waals surface area contributed by atoms with Gasteiger partial charge in [-0.3, -0.25) is 9.48 Å². The maximum atomic E-state index is 11.7. The van der Waals surface area contributed by atoms with Crippen LogP contribution in [0.2, 0.25) is 5.02 Å². The number of aryl methyl sites for hydroxylation is 1. The molecule has 20 heavy (non-hydrogen) atoms. The Morgan fingerprint density at radius 2 is 2.20 bits per heavy atom. The number of carbonyl (C=O) groups is 2. The highest BCUT2D eigenvalue weighted by Gasteiger charge is 2.10. The number of nitrogens with one attached hydrogen (secondary N) is 1. The minimum Gasteiger partial charge on any atom is -0.478 e. The van der Waals surface area contributed by atoms with Gasteiger partial charge in [0, 0.05) is 18.3 Å². The number of halogens is 1. The van der Waals surface area contributed by atoms with E-state index in [-0.39, 0.29) is 22.9 Å². The highest BCUT2D eigenvalue weighted by molar-refractivity contribution is 6.33. The number of carboxylic acids is 1. The number of benzene rings is 1. The van der Waals surface area contributed by atoms with Crippen LogP contribution in [-0.2, 0) is 11.3 Å². The van der Waals surface area contributed by atoms with Crippen LogP contribution in [0.4, 0.5) is 5.69 Å². The molecule has 1 aromatic carbocycles. The van der Waals surface area contributed by atoms with E-state index in [0.717, 1.165) is 0 Å². The number of nitrogens with zero attached hydrogens (tertiary/aromatic N) is 3. The minimum absolute atomic E-state index is 0.00715. The second-order valence-corrected chi connectivity index (χ2v) is 4.37. The van der Waals surface area contributed by atoms with Gasteiger partial charge in [0.15, 0.2) is 0 Å². The lowest BCUT2D eigenvalue weighted by Crippen LogP contribution is -2.15. The van der Waals surface area contributed by atoms with Gasteiger partial charge >= 0.3 is 5.97 Å². The summed E-state index contributed by atoms with van der Waals surface area (Å²) in [4.78, 5) is 22.5. The Labute approximate surface area is 119 Å². The summed E-state index contributed by atoms with van der Waals surface area (Å²) >= 11 is 5.81. The van der Waals surface area contributed by atoms with Crippen LogP contribution in [0.5, 0.6) is 0 Å². The van der Waals surface area contributed by atoms with Crippen molar-refractivity contribution in [3.05, 3.63) is 41.2 Å². The summed E-state index contributed by atoms with van der Waals surface area (Å²) in [5, 5.41) is 18.9. The molecule has 7 nitrogen and oxygen atoms in total. The van der Waals surface area contributed by atoms with Gasteiger partial charge in [-0.05, 0) is 18.2 Å². The Hall–Kier alpha value is -2.41. The number of anilines is 1. The van der Waals surface area contributed by atoms with Crippen molar-refractivity contribution in [1.82, 2.24) is 15.0 Å². The first kappa shape index (κ1) is 14.0. The zero-order valence-corrected chi connectivity index (χ0v) is 11.0. The van der Waals surface area contributed by atoms with E-state index in [2.05, 4.69) is 15.6 Å². The number of amides is 1. The van der Waals surface area contributed by atoms with Crippen molar-refractivity contribution in [1.29, 1.82) is 0 Å². The van der Waals surface area contributed by atoms with Gasteiger partial charge in [0.05, 0.1) is 23.3 Å². The molecule has 104 valence electrons.